The molecule has 2 rings (SSSR count). The number of rotatable bonds is 4. The van der Waals surface area contributed by atoms with Gasteiger partial charge in [-0.2, -0.15) is 0 Å². The van der Waals surface area contributed by atoms with Crippen molar-refractivity contribution >= 4 is 11.8 Å². The van der Waals surface area contributed by atoms with Crippen LogP contribution >= 0.6 is 0 Å². The second-order valence-electron chi connectivity index (χ2n) is 4.47. The van der Waals surface area contributed by atoms with Gasteiger partial charge in [0.05, 0.1) is 0 Å². The van der Waals surface area contributed by atoms with Crippen LogP contribution in [0.1, 0.15) is 32.1 Å². The lowest BCUT2D eigenvalue weighted by atomic mass is 9.97. The molecule has 1 N–H and O–H groups in total. The first-order valence-electron chi connectivity index (χ1n) is 5.70. The summed E-state index contributed by atoms with van der Waals surface area (Å²) in [4.78, 5) is 25.1. The van der Waals surface area contributed by atoms with Gasteiger partial charge in [0, 0.05) is 25.0 Å². The summed E-state index contributed by atoms with van der Waals surface area (Å²) in [5.74, 6) is 0.238. The summed E-state index contributed by atoms with van der Waals surface area (Å²) >= 11 is 0. The van der Waals surface area contributed by atoms with Gasteiger partial charge in [0.25, 0.3) is 0 Å². The molecular weight excluding hydrogens is 194 g/mol. The van der Waals surface area contributed by atoms with Crippen LogP contribution in [-0.2, 0) is 9.59 Å². The summed E-state index contributed by atoms with van der Waals surface area (Å²) in [5, 5.41) is 8.66. The van der Waals surface area contributed by atoms with Gasteiger partial charge in [-0.1, -0.05) is 0 Å². The molecule has 84 valence electrons. The molecule has 1 heterocycles. The van der Waals surface area contributed by atoms with Crippen LogP contribution in [0.5, 0.6) is 0 Å². The van der Waals surface area contributed by atoms with Gasteiger partial charge < -0.3 is 5.11 Å². The van der Waals surface area contributed by atoms with Crippen molar-refractivity contribution in [3.05, 3.63) is 0 Å². The normalized spacial score (nSPS) is 30.1. The molecule has 0 spiro atoms. The topological polar surface area (TPSA) is 57.6 Å². The molecule has 1 aliphatic carbocycles. The third-order valence-corrected chi connectivity index (χ3v) is 3.45. The molecule has 2 amide bonds. The van der Waals surface area contributed by atoms with Crippen molar-refractivity contribution in [3.8, 4) is 0 Å². The molecule has 2 fully saturated rings. The van der Waals surface area contributed by atoms with Gasteiger partial charge in [-0.25, -0.2) is 0 Å². The van der Waals surface area contributed by atoms with Crippen molar-refractivity contribution in [1.29, 1.82) is 0 Å². The van der Waals surface area contributed by atoms with Crippen LogP contribution in [0.15, 0.2) is 0 Å². The molecule has 2 aliphatic rings. The molecule has 1 saturated heterocycles. The summed E-state index contributed by atoms with van der Waals surface area (Å²) in [6, 6.07) is 0. The van der Waals surface area contributed by atoms with Crippen LogP contribution in [0.2, 0.25) is 0 Å². The van der Waals surface area contributed by atoms with Gasteiger partial charge in [0.2, 0.25) is 11.8 Å². The van der Waals surface area contributed by atoms with Gasteiger partial charge >= 0.3 is 0 Å². The van der Waals surface area contributed by atoms with Gasteiger partial charge in [-0.15, -0.1) is 0 Å². The average molecular weight is 211 g/mol. The fourth-order valence-electron chi connectivity index (χ4n) is 2.58. The lowest BCUT2D eigenvalue weighted by Gasteiger charge is -2.29. The van der Waals surface area contributed by atoms with Crippen LogP contribution in [-0.4, -0.2) is 35.0 Å². The van der Waals surface area contributed by atoms with Gasteiger partial charge in [-0.05, 0) is 32.1 Å². The van der Waals surface area contributed by atoms with E-state index in [1.807, 2.05) is 0 Å². The van der Waals surface area contributed by atoms with E-state index in [1.165, 1.54) is 4.90 Å². The average Bonchev–Trinajstić information content (AvgIpc) is 2.67. The molecule has 0 aromatic carbocycles. The number of imide groups is 1. The highest BCUT2D eigenvalue weighted by Crippen LogP contribution is 2.38. The fourth-order valence-corrected chi connectivity index (χ4v) is 2.58. The summed E-state index contributed by atoms with van der Waals surface area (Å²) in [7, 11) is 0. The number of aliphatic hydroxyl groups is 1. The van der Waals surface area contributed by atoms with Crippen molar-refractivity contribution < 1.29 is 14.7 Å². The molecule has 15 heavy (non-hydrogen) atoms. The standard InChI is InChI=1S/C11H17NO3/c13-6-2-1-5-12-10(14)8-3-4-9(7-8)11(12)15/h8-9,13H,1-7H2. The Morgan fingerprint density at radius 2 is 1.73 bits per heavy atom. The Balaban J connectivity index is 1.97. The van der Waals surface area contributed by atoms with Gasteiger partial charge in [0.1, 0.15) is 0 Å². The number of hydrogen-bond acceptors (Lipinski definition) is 3. The van der Waals surface area contributed by atoms with E-state index in [9.17, 15) is 9.59 Å². The summed E-state index contributed by atoms with van der Waals surface area (Å²) in [6.07, 6.45) is 3.91. The van der Waals surface area contributed by atoms with Crippen molar-refractivity contribution in [1.82, 2.24) is 4.90 Å². The second-order valence-corrected chi connectivity index (χ2v) is 4.47. The molecule has 2 unspecified atom stereocenters. The third-order valence-electron chi connectivity index (χ3n) is 3.45. The summed E-state index contributed by atoms with van der Waals surface area (Å²) in [5.41, 5.74) is 0. The molecule has 2 atom stereocenters. The van der Waals surface area contributed by atoms with E-state index in [2.05, 4.69) is 0 Å². The number of unbranched alkanes of at least 4 members (excludes halogenated alkanes) is 1. The molecule has 4 nitrogen and oxygen atoms in total. The maximum Gasteiger partial charge on any atom is 0.232 e. The highest BCUT2D eigenvalue weighted by Gasteiger charge is 2.44. The lowest BCUT2D eigenvalue weighted by molar-refractivity contribution is -0.152. The quantitative estimate of drug-likeness (QED) is 0.545. The van der Waals surface area contributed by atoms with Crippen LogP contribution in [0, 0.1) is 11.8 Å². The van der Waals surface area contributed by atoms with Gasteiger partial charge in [0.15, 0.2) is 0 Å². The van der Waals surface area contributed by atoms with E-state index < -0.39 is 0 Å². The molecule has 0 radical (unpaired) electrons. The highest BCUT2D eigenvalue weighted by molar-refractivity contribution is 6.00. The minimum atomic E-state index is 0.0201. The highest BCUT2D eigenvalue weighted by atomic mass is 16.3. The number of hydrogen-bond donors (Lipinski definition) is 1. The molecular formula is C11H17NO3. The van der Waals surface area contributed by atoms with E-state index in [0.717, 1.165) is 19.3 Å². The van der Waals surface area contributed by atoms with E-state index in [0.29, 0.717) is 19.4 Å². The van der Waals surface area contributed by atoms with Gasteiger partial charge in [-0.3, -0.25) is 14.5 Å². The van der Waals surface area contributed by atoms with E-state index in [1.54, 1.807) is 0 Å². The largest absolute Gasteiger partial charge is 0.396 e. The lowest BCUT2D eigenvalue weighted by Crippen LogP contribution is -2.46. The maximum absolute atomic E-state index is 11.8. The van der Waals surface area contributed by atoms with Crippen molar-refractivity contribution in [2.24, 2.45) is 11.8 Å². The van der Waals surface area contributed by atoms with Crippen molar-refractivity contribution in [3.63, 3.8) is 0 Å². The third kappa shape index (κ3) is 1.91. The number of carbonyl (C=O) groups excluding carboxylic acids is 2. The number of amides is 2. The number of likely N-dealkylation sites (tertiary alicyclic amines) is 1. The minimum absolute atomic E-state index is 0.0201. The maximum atomic E-state index is 11.8. The summed E-state index contributed by atoms with van der Waals surface area (Å²) in [6.45, 7) is 0.619. The zero-order valence-electron chi connectivity index (χ0n) is 8.82. The number of aliphatic hydroxyl groups excluding tert-OH is 1. The fraction of sp³-hybridized carbons (Fsp3) is 0.818. The Labute approximate surface area is 89.3 Å². The molecule has 0 aromatic heterocycles. The molecule has 1 saturated carbocycles. The van der Waals surface area contributed by atoms with Crippen molar-refractivity contribution in [2.75, 3.05) is 13.2 Å². The first kappa shape index (κ1) is 10.6. The summed E-state index contributed by atoms with van der Waals surface area (Å²) < 4.78 is 0. The SMILES string of the molecule is O=C1C2CCC(C2)C(=O)N1CCCCO. The molecule has 1 aliphatic heterocycles. The Bertz CT molecular complexity index is 255. The number of carbonyl (C=O) groups is 2. The Kier molecular flexibility index (Phi) is 3.05. The molecule has 2 bridgehead atoms. The smallest absolute Gasteiger partial charge is 0.232 e. The van der Waals surface area contributed by atoms with E-state index >= 15 is 0 Å². The number of nitrogens with zero attached hydrogens (tertiary/aromatic N) is 1. The molecule has 4 heteroatoms. The number of fused-ring (bicyclic) bond motifs is 2. The second kappa shape index (κ2) is 4.31. The Morgan fingerprint density at radius 3 is 2.27 bits per heavy atom. The van der Waals surface area contributed by atoms with Crippen molar-refractivity contribution in [2.45, 2.75) is 32.1 Å². The Hall–Kier alpha value is -0.900. The van der Waals surface area contributed by atoms with Crippen LogP contribution in [0.25, 0.3) is 0 Å². The predicted octanol–water partition coefficient (Wildman–Crippen LogP) is 0.544. The Morgan fingerprint density at radius 1 is 1.13 bits per heavy atom. The van der Waals surface area contributed by atoms with E-state index in [-0.39, 0.29) is 30.3 Å². The molecule has 0 aromatic rings. The zero-order chi connectivity index (χ0) is 10.8. The van der Waals surface area contributed by atoms with E-state index in [4.69, 9.17) is 5.11 Å². The predicted molar refractivity (Wildman–Crippen MR) is 53.9 cm³/mol. The monoisotopic (exact) mass is 211 g/mol. The van der Waals surface area contributed by atoms with Crippen LogP contribution < -0.4 is 0 Å². The van der Waals surface area contributed by atoms with Crippen LogP contribution in [0.3, 0.4) is 0 Å². The first-order valence-corrected chi connectivity index (χ1v) is 5.70. The number of piperidine rings is 1. The first-order chi connectivity index (χ1) is 7.24. The zero-order valence-corrected chi connectivity index (χ0v) is 8.82. The van der Waals surface area contributed by atoms with Crippen LogP contribution in [0.4, 0.5) is 0 Å². The minimum Gasteiger partial charge on any atom is -0.396 e.